The van der Waals surface area contributed by atoms with E-state index in [4.69, 9.17) is 0 Å². The standard InChI is InChI=1S/C14H18N2O/c17-14(13-5-1-2-8-15-13)11-4-3-6-12-10(11)7-9-16-12/h3-4,6-7,9,13-17H,1-2,5,8H2. The second kappa shape index (κ2) is 4.51. The van der Waals surface area contributed by atoms with E-state index in [1.54, 1.807) is 0 Å². The molecule has 1 aliphatic heterocycles. The van der Waals surface area contributed by atoms with E-state index in [9.17, 15) is 5.11 Å². The number of piperidine rings is 1. The maximum Gasteiger partial charge on any atom is 0.0949 e. The minimum Gasteiger partial charge on any atom is -0.387 e. The minimum atomic E-state index is -0.408. The summed E-state index contributed by atoms with van der Waals surface area (Å²) in [5, 5.41) is 15.0. The Hall–Kier alpha value is -1.32. The van der Waals surface area contributed by atoms with Gasteiger partial charge in [0.25, 0.3) is 0 Å². The monoisotopic (exact) mass is 230 g/mol. The molecule has 1 saturated heterocycles. The number of aliphatic hydroxyl groups excluding tert-OH is 1. The van der Waals surface area contributed by atoms with Crippen molar-refractivity contribution in [2.75, 3.05) is 6.54 Å². The molecule has 0 radical (unpaired) electrons. The molecule has 2 atom stereocenters. The number of aromatic nitrogens is 1. The molecular formula is C14H18N2O. The highest BCUT2D eigenvalue weighted by molar-refractivity contribution is 5.83. The number of aromatic amines is 1. The van der Waals surface area contributed by atoms with Crippen molar-refractivity contribution in [3.63, 3.8) is 0 Å². The summed E-state index contributed by atoms with van der Waals surface area (Å²) in [5.74, 6) is 0. The zero-order valence-electron chi connectivity index (χ0n) is 9.82. The van der Waals surface area contributed by atoms with Gasteiger partial charge in [-0.15, -0.1) is 0 Å². The van der Waals surface area contributed by atoms with Crippen molar-refractivity contribution < 1.29 is 5.11 Å². The Morgan fingerprint density at radius 2 is 2.18 bits per heavy atom. The van der Waals surface area contributed by atoms with Gasteiger partial charge in [-0.05, 0) is 37.1 Å². The molecule has 2 heterocycles. The normalized spacial score (nSPS) is 22.8. The van der Waals surface area contributed by atoms with Crippen molar-refractivity contribution in [2.24, 2.45) is 0 Å². The second-order valence-electron chi connectivity index (χ2n) is 4.79. The average molecular weight is 230 g/mol. The molecule has 0 bridgehead atoms. The van der Waals surface area contributed by atoms with Gasteiger partial charge in [-0.1, -0.05) is 18.6 Å². The fraction of sp³-hybridized carbons (Fsp3) is 0.429. The second-order valence-corrected chi connectivity index (χ2v) is 4.79. The molecule has 3 N–H and O–H groups in total. The lowest BCUT2D eigenvalue weighted by Gasteiger charge is -2.28. The van der Waals surface area contributed by atoms with E-state index in [1.807, 2.05) is 30.5 Å². The zero-order valence-corrected chi connectivity index (χ0v) is 9.82. The fourth-order valence-corrected chi connectivity index (χ4v) is 2.73. The van der Waals surface area contributed by atoms with E-state index in [2.05, 4.69) is 10.3 Å². The molecule has 1 fully saturated rings. The number of fused-ring (bicyclic) bond motifs is 1. The van der Waals surface area contributed by atoms with E-state index in [-0.39, 0.29) is 6.04 Å². The topological polar surface area (TPSA) is 48.0 Å². The van der Waals surface area contributed by atoms with Crippen LogP contribution in [0.5, 0.6) is 0 Å². The van der Waals surface area contributed by atoms with Crippen LogP contribution in [0.1, 0.15) is 30.9 Å². The van der Waals surface area contributed by atoms with Crippen molar-refractivity contribution in [3.8, 4) is 0 Å². The first kappa shape index (κ1) is 10.8. The first-order chi connectivity index (χ1) is 8.36. The van der Waals surface area contributed by atoms with Crippen LogP contribution in [0.2, 0.25) is 0 Å². The van der Waals surface area contributed by atoms with Gasteiger partial charge >= 0.3 is 0 Å². The van der Waals surface area contributed by atoms with Crippen molar-refractivity contribution in [3.05, 3.63) is 36.0 Å². The minimum absolute atomic E-state index is 0.198. The van der Waals surface area contributed by atoms with E-state index < -0.39 is 6.10 Å². The predicted octanol–water partition coefficient (Wildman–Crippen LogP) is 2.34. The Morgan fingerprint density at radius 3 is 3.00 bits per heavy atom. The van der Waals surface area contributed by atoms with E-state index in [0.717, 1.165) is 29.4 Å². The van der Waals surface area contributed by atoms with Crippen LogP contribution in [0.15, 0.2) is 30.5 Å². The van der Waals surface area contributed by atoms with Crippen LogP contribution >= 0.6 is 0 Å². The molecule has 3 nitrogen and oxygen atoms in total. The first-order valence-corrected chi connectivity index (χ1v) is 6.34. The summed E-state index contributed by atoms with van der Waals surface area (Å²) in [6.07, 6.45) is 5.00. The highest BCUT2D eigenvalue weighted by Crippen LogP contribution is 2.28. The quantitative estimate of drug-likeness (QED) is 0.741. The number of nitrogens with one attached hydrogen (secondary N) is 2. The number of hydrogen-bond acceptors (Lipinski definition) is 2. The third-order valence-electron chi connectivity index (χ3n) is 3.68. The molecule has 0 spiro atoms. The maximum atomic E-state index is 10.5. The van der Waals surface area contributed by atoms with Crippen LogP contribution in [-0.4, -0.2) is 22.7 Å². The summed E-state index contributed by atoms with van der Waals surface area (Å²) >= 11 is 0. The molecule has 3 heteroatoms. The van der Waals surface area contributed by atoms with Gasteiger partial charge in [0.15, 0.2) is 0 Å². The zero-order chi connectivity index (χ0) is 11.7. The summed E-state index contributed by atoms with van der Waals surface area (Å²) in [6, 6.07) is 8.30. The van der Waals surface area contributed by atoms with Crippen molar-refractivity contribution in [1.29, 1.82) is 0 Å². The summed E-state index contributed by atoms with van der Waals surface area (Å²) in [5.41, 5.74) is 2.13. The molecule has 2 unspecified atom stereocenters. The van der Waals surface area contributed by atoms with E-state index in [1.165, 1.54) is 12.8 Å². The summed E-state index contributed by atoms with van der Waals surface area (Å²) in [4.78, 5) is 3.19. The van der Waals surface area contributed by atoms with Crippen LogP contribution < -0.4 is 5.32 Å². The van der Waals surface area contributed by atoms with Crippen LogP contribution in [0.4, 0.5) is 0 Å². The lowest BCUT2D eigenvalue weighted by atomic mass is 9.93. The number of hydrogen-bond donors (Lipinski definition) is 3. The van der Waals surface area contributed by atoms with Gasteiger partial charge in [-0.25, -0.2) is 0 Å². The van der Waals surface area contributed by atoms with Gasteiger partial charge in [-0.2, -0.15) is 0 Å². The molecule has 0 aliphatic carbocycles. The molecule has 17 heavy (non-hydrogen) atoms. The van der Waals surface area contributed by atoms with Gasteiger partial charge in [0, 0.05) is 23.1 Å². The Labute approximate surface area is 101 Å². The molecule has 3 rings (SSSR count). The Morgan fingerprint density at radius 1 is 1.24 bits per heavy atom. The van der Waals surface area contributed by atoms with Crippen LogP contribution in [0.25, 0.3) is 10.9 Å². The van der Waals surface area contributed by atoms with Crippen molar-refractivity contribution in [1.82, 2.24) is 10.3 Å². The van der Waals surface area contributed by atoms with Gasteiger partial charge < -0.3 is 15.4 Å². The molecule has 1 aromatic carbocycles. The van der Waals surface area contributed by atoms with E-state index >= 15 is 0 Å². The fourth-order valence-electron chi connectivity index (χ4n) is 2.73. The number of aliphatic hydroxyl groups is 1. The molecule has 0 saturated carbocycles. The highest BCUT2D eigenvalue weighted by atomic mass is 16.3. The summed E-state index contributed by atoms with van der Waals surface area (Å²) < 4.78 is 0. The van der Waals surface area contributed by atoms with Crippen molar-refractivity contribution >= 4 is 10.9 Å². The lowest BCUT2D eigenvalue weighted by molar-refractivity contribution is 0.115. The largest absolute Gasteiger partial charge is 0.387 e. The highest BCUT2D eigenvalue weighted by Gasteiger charge is 2.23. The van der Waals surface area contributed by atoms with Gasteiger partial charge in [0.05, 0.1) is 6.10 Å². The van der Waals surface area contributed by atoms with Gasteiger partial charge in [0.1, 0.15) is 0 Å². The lowest BCUT2D eigenvalue weighted by Crippen LogP contribution is -2.38. The van der Waals surface area contributed by atoms with Gasteiger partial charge in [-0.3, -0.25) is 0 Å². The molecule has 0 amide bonds. The molecule has 90 valence electrons. The summed E-state index contributed by atoms with van der Waals surface area (Å²) in [7, 11) is 0. The molecule has 1 aliphatic rings. The summed E-state index contributed by atoms with van der Waals surface area (Å²) in [6.45, 7) is 1.02. The third kappa shape index (κ3) is 1.96. The average Bonchev–Trinajstić information content (AvgIpc) is 2.87. The molecule has 1 aromatic heterocycles. The predicted molar refractivity (Wildman–Crippen MR) is 68.9 cm³/mol. The van der Waals surface area contributed by atoms with Crippen molar-refractivity contribution in [2.45, 2.75) is 31.4 Å². The smallest absolute Gasteiger partial charge is 0.0949 e. The number of rotatable bonds is 2. The number of benzene rings is 1. The van der Waals surface area contributed by atoms with Crippen LogP contribution in [0, 0.1) is 0 Å². The first-order valence-electron chi connectivity index (χ1n) is 6.34. The van der Waals surface area contributed by atoms with E-state index in [0.29, 0.717) is 0 Å². The maximum absolute atomic E-state index is 10.5. The Balaban J connectivity index is 1.94. The van der Waals surface area contributed by atoms with Crippen LogP contribution in [-0.2, 0) is 0 Å². The Bertz CT molecular complexity index is 500. The number of H-pyrrole nitrogens is 1. The Kier molecular flexibility index (Phi) is 2.87. The molecular weight excluding hydrogens is 212 g/mol. The van der Waals surface area contributed by atoms with Crippen LogP contribution in [0.3, 0.4) is 0 Å². The SMILES string of the molecule is OC(c1cccc2[nH]ccc12)C1CCCCN1. The van der Waals surface area contributed by atoms with Gasteiger partial charge in [0.2, 0.25) is 0 Å². The molecule has 2 aromatic rings. The third-order valence-corrected chi connectivity index (χ3v) is 3.68.